The summed E-state index contributed by atoms with van der Waals surface area (Å²) in [6.45, 7) is 5.28. The second-order valence-electron chi connectivity index (χ2n) is 13.2. The molecule has 0 aliphatic carbocycles. The molecule has 0 saturated carbocycles. The number of likely N-dealkylation sites (N-methyl/N-ethyl adjacent to an activating group) is 1. The van der Waals surface area contributed by atoms with Gasteiger partial charge in [0.1, 0.15) is 12.1 Å². The molecule has 0 aliphatic heterocycles. The Kier molecular flexibility index (Phi) is 12.9. The first kappa shape index (κ1) is 37.9. The average molecular weight is 785 g/mol. The van der Waals surface area contributed by atoms with Crippen LogP contribution in [0.25, 0.3) is 10.8 Å². The number of aliphatic hydroxyl groups is 1. The molecule has 0 bridgehead atoms. The lowest BCUT2D eigenvalue weighted by Gasteiger charge is -2.36. The van der Waals surface area contributed by atoms with Gasteiger partial charge in [-0.1, -0.05) is 97.1 Å². The van der Waals surface area contributed by atoms with Gasteiger partial charge in [0.2, 0.25) is 11.8 Å². The number of benzene rings is 4. The zero-order valence-corrected chi connectivity index (χ0v) is 30.3. The number of hydrogen-bond acceptors (Lipinski definition) is 5. The Hall–Kier alpha value is -3.94. The molecule has 1 unspecified atom stereocenters. The van der Waals surface area contributed by atoms with E-state index in [0.717, 1.165) is 34.0 Å². The number of nitrogens with two attached hydrogens (primary N) is 1. The van der Waals surface area contributed by atoms with Gasteiger partial charge >= 0.3 is 0 Å². The summed E-state index contributed by atoms with van der Waals surface area (Å²) in [5.74, 6) is -3.52. The first-order valence-electron chi connectivity index (χ1n) is 16.0. The van der Waals surface area contributed by atoms with Gasteiger partial charge in [-0.2, -0.15) is 0 Å². The Morgan fingerprint density at radius 2 is 1.53 bits per heavy atom. The molecule has 4 rings (SSSR count). The van der Waals surface area contributed by atoms with Crippen molar-refractivity contribution in [3.05, 3.63) is 119 Å². The fourth-order valence-electron chi connectivity index (χ4n) is 5.50. The normalized spacial score (nSPS) is 13.4. The van der Waals surface area contributed by atoms with Crippen molar-refractivity contribution in [1.82, 2.24) is 15.1 Å². The van der Waals surface area contributed by atoms with Gasteiger partial charge in [-0.3, -0.25) is 14.4 Å². The van der Waals surface area contributed by atoms with E-state index in [1.54, 1.807) is 39.1 Å². The minimum atomic E-state index is -1.15. The summed E-state index contributed by atoms with van der Waals surface area (Å²) in [5, 5.41) is 14.6. The van der Waals surface area contributed by atoms with Crippen molar-refractivity contribution in [1.29, 1.82) is 0 Å². The van der Waals surface area contributed by atoms with Gasteiger partial charge in [0.25, 0.3) is 5.91 Å². The molecule has 0 fully saturated rings. The largest absolute Gasteiger partial charge is 0.396 e. The Labute approximate surface area is 299 Å². The molecular weight excluding hydrogens is 741 g/mol. The summed E-state index contributed by atoms with van der Waals surface area (Å²) < 4.78 is 28.2. The van der Waals surface area contributed by atoms with Crippen LogP contribution in [-0.2, 0) is 22.4 Å². The number of aliphatic hydroxyl groups excluding tert-OH is 1. The Bertz CT molecular complexity index is 1800. The highest BCUT2D eigenvalue weighted by Crippen LogP contribution is 2.23. The number of nitrogens with zero attached hydrogens (tertiary/aromatic N) is 2. The number of hydrogen-bond donors (Lipinski definition) is 3. The van der Waals surface area contributed by atoms with Gasteiger partial charge in [-0.15, -0.1) is 0 Å². The molecule has 0 saturated heterocycles. The van der Waals surface area contributed by atoms with Crippen LogP contribution in [0.2, 0.25) is 0 Å². The number of carbonyl (C=O) groups excluding carboxylic acids is 3. The zero-order valence-electron chi connectivity index (χ0n) is 28.1. The monoisotopic (exact) mass is 784 g/mol. The lowest BCUT2D eigenvalue weighted by molar-refractivity contribution is -0.142. The molecule has 0 heterocycles. The molecule has 0 spiro atoms. The van der Waals surface area contributed by atoms with Crippen molar-refractivity contribution < 1.29 is 28.3 Å². The Morgan fingerprint density at radius 3 is 2.18 bits per heavy atom. The van der Waals surface area contributed by atoms with Gasteiger partial charge in [0, 0.05) is 50.1 Å². The van der Waals surface area contributed by atoms with Crippen LogP contribution in [0.5, 0.6) is 0 Å². The van der Waals surface area contributed by atoms with Crippen molar-refractivity contribution in [2.24, 2.45) is 11.1 Å². The summed E-state index contributed by atoms with van der Waals surface area (Å²) >= 11 is 1.99. The summed E-state index contributed by atoms with van der Waals surface area (Å²) in [4.78, 5) is 45.4. The molecule has 3 amide bonds. The first-order valence-corrected chi connectivity index (χ1v) is 17.6. The molecule has 260 valence electrons. The maximum Gasteiger partial charge on any atom is 0.254 e. The lowest BCUT2D eigenvalue weighted by Crippen LogP contribution is -2.57. The van der Waals surface area contributed by atoms with E-state index < -0.39 is 46.9 Å². The molecule has 0 radical (unpaired) electrons. The first-order chi connectivity index (χ1) is 23.2. The summed E-state index contributed by atoms with van der Waals surface area (Å²) in [6, 6.07) is 21.5. The lowest BCUT2D eigenvalue weighted by atomic mass is 9.94. The number of carbonyl (C=O) groups is 3. The van der Waals surface area contributed by atoms with Crippen LogP contribution in [0.1, 0.15) is 53.9 Å². The summed E-state index contributed by atoms with van der Waals surface area (Å²) in [6.07, 6.45) is 0.0250. The van der Waals surface area contributed by atoms with Crippen molar-refractivity contribution in [3.8, 4) is 0 Å². The summed E-state index contributed by atoms with van der Waals surface area (Å²) in [5.41, 5.74) is 7.68. The van der Waals surface area contributed by atoms with Gasteiger partial charge in [0.15, 0.2) is 11.6 Å². The van der Waals surface area contributed by atoms with Crippen LogP contribution in [0.15, 0.2) is 84.9 Å². The number of alkyl halides is 1. The third-order valence-corrected chi connectivity index (χ3v) is 9.38. The highest BCUT2D eigenvalue weighted by Gasteiger charge is 2.37. The second-order valence-corrected chi connectivity index (χ2v) is 13.8. The zero-order chi connectivity index (χ0) is 35.9. The van der Waals surface area contributed by atoms with Gasteiger partial charge in [0.05, 0.1) is 4.55 Å². The minimum absolute atomic E-state index is 0.0537. The fraction of sp³-hybridized carbons (Fsp3) is 0.342. The number of nitrogens with one attached hydrogen (secondary N) is 1. The molecule has 8 nitrogen and oxygen atoms in total. The van der Waals surface area contributed by atoms with E-state index in [2.05, 4.69) is 5.32 Å². The molecule has 4 N–H and O–H groups in total. The molecular formula is C38H43F2IN4O4. The van der Waals surface area contributed by atoms with E-state index in [9.17, 15) is 28.3 Å². The molecule has 4 aromatic rings. The quantitative estimate of drug-likeness (QED) is 0.0852. The van der Waals surface area contributed by atoms with E-state index in [0.29, 0.717) is 11.1 Å². The van der Waals surface area contributed by atoms with E-state index in [4.69, 9.17) is 5.73 Å². The predicted octanol–water partition coefficient (Wildman–Crippen LogP) is 5.79. The standard InChI is InChI=1S/C38H43F2IN4O4/c1-24(42)28-10-7-11-30(20-28)36(48)44(4)34(19-25-12-14-27-8-5-6-9-29(27)16-25)37(49)45(23-41)33(35(47)43-21-38(2,3)22-46)18-26-13-15-31(39)32(40)17-26/h5-17,20,24,33-34,46H,18-19,21-23,42H2,1-4H3,(H,43,47)/t24?,33-,34-/m1/s1. The van der Waals surface area contributed by atoms with Crippen LogP contribution in [0, 0.1) is 17.0 Å². The number of rotatable bonds is 14. The van der Waals surface area contributed by atoms with Crippen LogP contribution >= 0.6 is 22.6 Å². The predicted molar refractivity (Wildman–Crippen MR) is 196 cm³/mol. The van der Waals surface area contributed by atoms with Crippen LogP contribution < -0.4 is 11.1 Å². The SMILES string of the molecule is CC(N)c1cccc(C(=O)N(C)[C@H](Cc2ccc3ccccc3c2)C(=O)N(CI)[C@H](Cc2ccc(F)c(F)c2)C(=O)NCC(C)(C)CO)c1. The topological polar surface area (TPSA) is 116 Å². The molecule has 11 heteroatoms. The van der Waals surface area contributed by atoms with E-state index in [1.807, 2.05) is 78.0 Å². The Balaban J connectivity index is 1.76. The van der Waals surface area contributed by atoms with Crippen LogP contribution in [0.4, 0.5) is 8.78 Å². The van der Waals surface area contributed by atoms with E-state index in [1.165, 1.54) is 15.9 Å². The Morgan fingerprint density at radius 1 is 0.878 bits per heavy atom. The number of halogens is 3. The van der Waals surface area contributed by atoms with E-state index in [-0.39, 0.29) is 36.6 Å². The molecule has 3 atom stereocenters. The number of amides is 3. The van der Waals surface area contributed by atoms with Crippen LogP contribution in [0.3, 0.4) is 0 Å². The third kappa shape index (κ3) is 9.61. The van der Waals surface area contributed by atoms with Gasteiger partial charge < -0.3 is 26.0 Å². The van der Waals surface area contributed by atoms with Crippen molar-refractivity contribution >= 4 is 51.1 Å². The van der Waals surface area contributed by atoms with Crippen molar-refractivity contribution in [2.75, 3.05) is 24.8 Å². The highest BCUT2D eigenvalue weighted by molar-refractivity contribution is 14.1. The molecule has 49 heavy (non-hydrogen) atoms. The second kappa shape index (κ2) is 16.6. The smallest absolute Gasteiger partial charge is 0.254 e. The minimum Gasteiger partial charge on any atom is -0.396 e. The van der Waals surface area contributed by atoms with Crippen LogP contribution in [-0.4, -0.2) is 69.5 Å². The van der Waals surface area contributed by atoms with Crippen molar-refractivity contribution in [2.45, 2.75) is 51.7 Å². The summed E-state index contributed by atoms with van der Waals surface area (Å²) in [7, 11) is 1.56. The molecule has 0 aliphatic rings. The fourth-order valence-corrected chi connectivity index (χ4v) is 6.31. The maximum absolute atomic E-state index is 14.8. The number of fused-ring (bicyclic) bond motifs is 1. The molecule has 4 aromatic carbocycles. The average Bonchev–Trinajstić information content (AvgIpc) is 3.10. The third-order valence-electron chi connectivity index (χ3n) is 8.65. The van der Waals surface area contributed by atoms with Crippen molar-refractivity contribution in [3.63, 3.8) is 0 Å². The van der Waals surface area contributed by atoms with Gasteiger partial charge in [-0.25, -0.2) is 8.78 Å². The maximum atomic E-state index is 14.8. The van der Waals surface area contributed by atoms with E-state index >= 15 is 0 Å². The molecule has 0 aromatic heterocycles. The highest BCUT2D eigenvalue weighted by atomic mass is 127. The van der Waals surface area contributed by atoms with Gasteiger partial charge in [-0.05, 0) is 58.7 Å².